The van der Waals surface area contributed by atoms with Crippen molar-refractivity contribution in [1.29, 1.82) is 0 Å². The number of carbonyl (C=O) groups is 1. The molecule has 0 amide bonds. The Balaban J connectivity index is 1.93. The summed E-state index contributed by atoms with van der Waals surface area (Å²) in [4.78, 5) is 12.4. The molecule has 7 nitrogen and oxygen atoms in total. The topological polar surface area (TPSA) is 83.5 Å². The third-order valence-electron chi connectivity index (χ3n) is 3.89. The molecule has 0 spiro atoms. The quantitative estimate of drug-likeness (QED) is 0.628. The predicted octanol–water partition coefficient (Wildman–Crippen LogP) is 3.04. The summed E-state index contributed by atoms with van der Waals surface area (Å²) < 4.78 is 26.5. The molecule has 0 atom stereocenters. The number of hydrogen-bond donors (Lipinski definition) is 1. The Labute approximate surface area is 150 Å². The lowest BCUT2D eigenvalue weighted by Gasteiger charge is -2.11. The maximum Gasteiger partial charge on any atom is 0.231 e. The highest BCUT2D eigenvalue weighted by Crippen LogP contribution is 2.49. The number of aromatic hydroxyl groups is 1. The Bertz CT molecular complexity index is 871. The molecule has 1 aliphatic rings. The van der Waals surface area contributed by atoms with E-state index in [2.05, 4.69) is 0 Å². The SMILES string of the molecule is COc1ccc(C(=O)/C=C/c2cc(OC)c3c(c2OC)OCO3)cc1O. The third kappa shape index (κ3) is 3.11. The van der Waals surface area contributed by atoms with Gasteiger partial charge in [-0.05, 0) is 36.4 Å². The molecule has 7 heteroatoms. The first-order chi connectivity index (χ1) is 12.6. The van der Waals surface area contributed by atoms with Gasteiger partial charge in [-0.25, -0.2) is 0 Å². The lowest BCUT2D eigenvalue weighted by atomic mass is 10.1. The summed E-state index contributed by atoms with van der Waals surface area (Å²) in [5.41, 5.74) is 0.922. The number of phenols is 1. The minimum absolute atomic E-state index is 0.0687. The number of carbonyl (C=O) groups excluding carboxylic acids is 1. The van der Waals surface area contributed by atoms with Gasteiger partial charge in [-0.1, -0.05) is 0 Å². The molecule has 3 rings (SSSR count). The van der Waals surface area contributed by atoms with Crippen LogP contribution in [0.5, 0.6) is 34.5 Å². The second-order valence-corrected chi connectivity index (χ2v) is 5.35. The minimum atomic E-state index is -0.290. The zero-order valence-electron chi connectivity index (χ0n) is 14.6. The second kappa shape index (κ2) is 7.26. The molecule has 2 aromatic rings. The van der Waals surface area contributed by atoms with Crippen LogP contribution in [0.2, 0.25) is 0 Å². The van der Waals surface area contributed by atoms with Crippen LogP contribution in [0.15, 0.2) is 30.3 Å². The summed E-state index contributed by atoms with van der Waals surface area (Å²) in [5.74, 6) is 1.73. The molecule has 0 aliphatic carbocycles. The summed E-state index contributed by atoms with van der Waals surface area (Å²) in [6.45, 7) is 0.0687. The smallest absolute Gasteiger partial charge is 0.231 e. The van der Waals surface area contributed by atoms with Crippen molar-refractivity contribution < 1.29 is 33.6 Å². The molecule has 0 aromatic heterocycles. The number of fused-ring (bicyclic) bond motifs is 1. The van der Waals surface area contributed by atoms with Gasteiger partial charge in [0.05, 0.1) is 21.3 Å². The monoisotopic (exact) mass is 358 g/mol. The highest BCUT2D eigenvalue weighted by atomic mass is 16.7. The Hall–Kier alpha value is -3.35. The molecule has 0 unspecified atom stereocenters. The molecule has 0 bridgehead atoms. The van der Waals surface area contributed by atoms with Crippen LogP contribution < -0.4 is 23.7 Å². The fourth-order valence-corrected chi connectivity index (χ4v) is 2.62. The molecule has 0 fully saturated rings. The van der Waals surface area contributed by atoms with E-state index >= 15 is 0 Å². The van der Waals surface area contributed by atoms with Crippen LogP contribution in [0.1, 0.15) is 15.9 Å². The van der Waals surface area contributed by atoms with Crippen molar-refractivity contribution in [1.82, 2.24) is 0 Å². The number of methoxy groups -OCH3 is 3. The number of phenolic OH excluding ortho intramolecular Hbond substituents is 1. The summed E-state index contributed by atoms with van der Waals surface area (Å²) >= 11 is 0. The van der Waals surface area contributed by atoms with Crippen molar-refractivity contribution in [3.63, 3.8) is 0 Å². The Morgan fingerprint density at radius 3 is 2.42 bits per heavy atom. The lowest BCUT2D eigenvalue weighted by Crippen LogP contribution is -1.96. The summed E-state index contributed by atoms with van der Waals surface area (Å²) in [6, 6.07) is 6.15. The van der Waals surface area contributed by atoms with Crippen LogP contribution in [-0.4, -0.2) is 39.0 Å². The number of rotatable bonds is 6. The van der Waals surface area contributed by atoms with Crippen molar-refractivity contribution in [2.24, 2.45) is 0 Å². The van der Waals surface area contributed by atoms with E-state index in [1.165, 1.54) is 39.5 Å². The van der Waals surface area contributed by atoms with E-state index in [0.717, 1.165) is 0 Å². The molecule has 2 aromatic carbocycles. The van der Waals surface area contributed by atoms with Gasteiger partial charge < -0.3 is 28.8 Å². The van der Waals surface area contributed by atoms with Crippen LogP contribution in [0.25, 0.3) is 6.08 Å². The van der Waals surface area contributed by atoms with E-state index in [4.69, 9.17) is 23.7 Å². The van der Waals surface area contributed by atoms with Gasteiger partial charge in [0, 0.05) is 11.1 Å². The van der Waals surface area contributed by atoms with Crippen molar-refractivity contribution in [3.05, 3.63) is 41.5 Å². The van der Waals surface area contributed by atoms with E-state index in [-0.39, 0.29) is 18.3 Å². The van der Waals surface area contributed by atoms with E-state index in [9.17, 15) is 9.90 Å². The van der Waals surface area contributed by atoms with Gasteiger partial charge in [0.2, 0.25) is 18.3 Å². The van der Waals surface area contributed by atoms with Gasteiger partial charge in [0.25, 0.3) is 0 Å². The average Bonchev–Trinajstić information content (AvgIpc) is 3.14. The second-order valence-electron chi connectivity index (χ2n) is 5.35. The Morgan fingerprint density at radius 2 is 1.77 bits per heavy atom. The molecular formula is C19H18O7. The Kier molecular flexibility index (Phi) is 4.88. The standard InChI is InChI=1S/C19H18O7/c1-22-15-7-5-11(8-14(15)21)13(20)6-4-12-9-16(23-2)18-19(17(12)24-3)26-10-25-18/h4-9,21H,10H2,1-3H3/b6-4+. The fourth-order valence-electron chi connectivity index (χ4n) is 2.62. The molecule has 26 heavy (non-hydrogen) atoms. The van der Waals surface area contributed by atoms with Crippen molar-refractivity contribution in [3.8, 4) is 34.5 Å². The van der Waals surface area contributed by atoms with Crippen LogP contribution in [0.4, 0.5) is 0 Å². The molecule has 136 valence electrons. The van der Waals surface area contributed by atoms with Gasteiger partial charge in [0.15, 0.2) is 28.8 Å². The highest BCUT2D eigenvalue weighted by molar-refractivity contribution is 6.07. The predicted molar refractivity (Wildman–Crippen MR) is 93.7 cm³/mol. The molecule has 1 aliphatic heterocycles. The first kappa shape index (κ1) is 17.5. The molecule has 1 N–H and O–H groups in total. The molecule has 0 saturated carbocycles. The molecule has 1 heterocycles. The van der Waals surface area contributed by atoms with Crippen LogP contribution in [0, 0.1) is 0 Å². The van der Waals surface area contributed by atoms with Crippen molar-refractivity contribution in [2.45, 2.75) is 0 Å². The molecular weight excluding hydrogens is 340 g/mol. The lowest BCUT2D eigenvalue weighted by molar-refractivity contribution is 0.104. The maximum absolute atomic E-state index is 12.4. The largest absolute Gasteiger partial charge is 0.504 e. The third-order valence-corrected chi connectivity index (χ3v) is 3.89. The average molecular weight is 358 g/mol. The zero-order valence-corrected chi connectivity index (χ0v) is 14.6. The summed E-state index contributed by atoms with van der Waals surface area (Å²) in [5, 5.41) is 9.81. The van der Waals surface area contributed by atoms with E-state index in [1.54, 1.807) is 18.2 Å². The van der Waals surface area contributed by atoms with E-state index in [1.807, 2.05) is 0 Å². The summed E-state index contributed by atoms with van der Waals surface area (Å²) in [7, 11) is 4.46. The van der Waals surface area contributed by atoms with Gasteiger partial charge in [0.1, 0.15) is 0 Å². The van der Waals surface area contributed by atoms with Gasteiger partial charge >= 0.3 is 0 Å². The number of allylic oxidation sites excluding steroid dienone is 1. The maximum atomic E-state index is 12.4. The number of benzene rings is 2. The van der Waals surface area contributed by atoms with Crippen molar-refractivity contribution in [2.75, 3.05) is 28.1 Å². The van der Waals surface area contributed by atoms with Gasteiger partial charge in [-0.15, -0.1) is 0 Å². The van der Waals surface area contributed by atoms with Crippen molar-refractivity contribution >= 4 is 11.9 Å². The molecule has 0 saturated heterocycles. The fraction of sp³-hybridized carbons (Fsp3) is 0.211. The van der Waals surface area contributed by atoms with E-state index in [0.29, 0.717) is 39.9 Å². The number of ketones is 1. The van der Waals surface area contributed by atoms with Gasteiger partial charge in [-0.2, -0.15) is 0 Å². The van der Waals surface area contributed by atoms with Crippen LogP contribution in [-0.2, 0) is 0 Å². The number of ether oxygens (including phenoxy) is 5. The first-order valence-corrected chi connectivity index (χ1v) is 7.73. The van der Waals surface area contributed by atoms with Crippen LogP contribution in [0.3, 0.4) is 0 Å². The highest BCUT2D eigenvalue weighted by Gasteiger charge is 2.26. The summed E-state index contributed by atoms with van der Waals surface area (Å²) in [6.07, 6.45) is 2.97. The number of hydrogen-bond acceptors (Lipinski definition) is 7. The van der Waals surface area contributed by atoms with E-state index < -0.39 is 0 Å². The zero-order chi connectivity index (χ0) is 18.7. The molecule has 0 radical (unpaired) electrons. The van der Waals surface area contributed by atoms with Crippen LogP contribution >= 0.6 is 0 Å². The normalized spacial score (nSPS) is 12.3. The first-order valence-electron chi connectivity index (χ1n) is 7.73. The Morgan fingerprint density at radius 1 is 1.04 bits per heavy atom. The minimum Gasteiger partial charge on any atom is -0.504 e. The van der Waals surface area contributed by atoms with Gasteiger partial charge in [-0.3, -0.25) is 4.79 Å².